The van der Waals surface area contributed by atoms with E-state index in [1.165, 1.54) is 0 Å². The highest BCUT2D eigenvalue weighted by atomic mass is 16.2. The first-order chi connectivity index (χ1) is 11.7. The number of para-hydroxylation sites is 2. The number of nitrogens with one attached hydrogen (secondary N) is 2. The summed E-state index contributed by atoms with van der Waals surface area (Å²) in [7, 11) is 0. The molecule has 5 heteroatoms. The lowest BCUT2D eigenvalue weighted by Crippen LogP contribution is -2.16. The first-order valence-corrected chi connectivity index (χ1v) is 8.01. The molecule has 120 valence electrons. The molecule has 0 radical (unpaired) electrons. The summed E-state index contributed by atoms with van der Waals surface area (Å²) < 4.78 is 2.00. The lowest BCUT2D eigenvalue weighted by atomic mass is 10.2. The summed E-state index contributed by atoms with van der Waals surface area (Å²) >= 11 is 0. The molecule has 0 aliphatic heterocycles. The second-order valence-electron chi connectivity index (χ2n) is 5.90. The maximum atomic E-state index is 12.6. The van der Waals surface area contributed by atoms with Crippen LogP contribution in [0.25, 0.3) is 21.9 Å². The van der Waals surface area contributed by atoms with Crippen LogP contribution in [0.5, 0.6) is 0 Å². The summed E-state index contributed by atoms with van der Waals surface area (Å²) in [5.41, 5.74) is 4.54. The van der Waals surface area contributed by atoms with E-state index in [4.69, 9.17) is 0 Å². The van der Waals surface area contributed by atoms with Gasteiger partial charge in [0.05, 0.1) is 11.0 Å². The fourth-order valence-electron chi connectivity index (χ4n) is 3.02. The van der Waals surface area contributed by atoms with E-state index in [0.717, 1.165) is 34.0 Å². The minimum absolute atomic E-state index is 0.186. The minimum Gasteiger partial charge on any atom is -0.351 e. The molecule has 0 bridgehead atoms. The van der Waals surface area contributed by atoms with Crippen molar-refractivity contribution in [3.63, 3.8) is 0 Å². The zero-order valence-electron chi connectivity index (χ0n) is 13.6. The maximum absolute atomic E-state index is 12.6. The van der Waals surface area contributed by atoms with Gasteiger partial charge in [-0.15, -0.1) is 0 Å². The molecule has 2 N–H and O–H groups in total. The molecular weight excluding hydrogens is 300 g/mol. The number of hydrogen-bond acceptors (Lipinski definition) is 2. The lowest BCUT2D eigenvalue weighted by molar-refractivity contribution is 0.102. The van der Waals surface area contributed by atoms with E-state index in [-0.39, 0.29) is 5.91 Å². The predicted octanol–water partition coefficient (Wildman–Crippen LogP) is 4.10. The molecule has 5 nitrogen and oxygen atoms in total. The van der Waals surface area contributed by atoms with Crippen LogP contribution in [-0.2, 0) is 6.54 Å². The van der Waals surface area contributed by atoms with Gasteiger partial charge < -0.3 is 9.55 Å². The first kappa shape index (κ1) is 14.5. The quantitative estimate of drug-likeness (QED) is 0.597. The van der Waals surface area contributed by atoms with Crippen molar-refractivity contribution in [2.45, 2.75) is 20.4 Å². The summed E-state index contributed by atoms with van der Waals surface area (Å²) in [6, 6.07) is 15.8. The number of H-pyrrole nitrogens is 1. The van der Waals surface area contributed by atoms with Crippen LogP contribution in [0.4, 0.5) is 5.95 Å². The van der Waals surface area contributed by atoms with E-state index >= 15 is 0 Å². The zero-order chi connectivity index (χ0) is 16.7. The van der Waals surface area contributed by atoms with E-state index < -0.39 is 0 Å². The Balaban J connectivity index is 1.70. The van der Waals surface area contributed by atoms with Crippen molar-refractivity contribution in [3.05, 3.63) is 59.8 Å². The number of anilines is 1. The highest BCUT2D eigenvalue weighted by Crippen LogP contribution is 2.21. The Morgan fingerprint density at radius 1 is 1.21 bits per heavy atom. The van der Waals surface area contributed by atoms with Crippen LogP contribution in [0.2, 0.25) is 0 Å². The number of aryl methyl sites for hydroxylation is 2. The molecular formula is C19H18N4O. The van der Waals surface area contributed by atoms with Gasteiger partial charge in [0, 0.05) is 17.4 Å². The monoisotopic (exact) mass is 318 g/mol. The molecule has 2 heterocycles. The smallest absolute Gasteiger partial charge is 0.274 e. The first-order valence-electron chi connectivity index (χ1n) is 8.01. The van der Waals surface area contributed by atoms with Crippen molar-refractivity contribution in [3.8, 4) is 0 Å². The van der Waals surface area contributed by atoms with Crippen molar-refractivity contribution in [1.29, 1.82) is 0 Å². The number of imidazole rings is 1. The molecule has 0 saturated heterocycles. The summed E-state index contributed by atoms with van der Waals surface area (Å²) in [4.78, 5) is 20.3. The van der Waals surface area contributed by atoms with E-state index in [1.807, 2.05) is 66.9 Å². The summed E-state index contributed by atoms with van der Waals surface area (Å²) in [6.07, 6.45) is 0. The number of carbonyl (C=O) groups excluding carboxylic acids is 1. The van der Waals surface area contributed by atoms with E-state index in [9.17, 15) is 4.79 Å². The van der Waals surface area contributed by atoms with Crippen LogP contribution < -0.4 is 5.32 Å². The van der Waals surface area contributed by atoms with Crippen molar-refractivity contribution in [2.75, 3.05) is 5.32 Å². The van der Waals surface area contributed by atoms with Gasteiger partial charge in [0.15, 0.2) is 0 Å². The largest absolute Gasteiger partial charge is 0.351 e. The predicted molar refractivity (Wildman–Crippen MR) is 96.4 cm³/mol. The van der Waals surface area contributed by atoms with Crippen LogP contribution in [0.15, 0.2) is 48.5 Å². The fourth-order valence-corrected chi connectivity index (χ4v) is 3.02. The molecule has 0 unspecified atom stereocenters. The molecule has 0 aliphatic rings. The Morgan fingerprint density at radius 2 is 2.04 bits per heavy atom. The number of nitrogens with zero attached hydrogens (tertiary/aromatic N) is 2. The zero-order valence-corrected chi connectivity index (χ0v) is 13.6. The highest BCUT2D eigenvalue weighted by molar-refractivity contribution is 6.05. The Labute approximate surface area is 139 Å². The van der Waals surface area contributed by atoms with E-state index in [0.29, 0.717) is 11.6 Å². The number of rotatable bonds is 3. The number of carbonyl (C=O) groups is 1. The van der Waals surface area contributed by atoms with Gasteiger partial charge in [-0.3, -0.25) is 10.1 Å². The van der Waals surface area contributed by atoms with Crippen LogP contribution in [0, 0.1) is 6.92 Å². The minimum atomic E-state index is -0.186. The van der Waals surface area contributed by atoms with Crippen molar-refractivity contribution in [2.24, 2.45) is 0 Å². The molecule has 2 aromatic heterocycles. The molecule has 0 fully saturated rings. The Kier molecular flexibility index (Phi) is 3.34. The summed E-state index contributed by atoms with van der Waals surface area (Å²) in [5, 5.41) is 3.95. The third-order valence-electron chi connectivity index (χ3n) is 4.22. The molecule has 4 rings (SSSR count). The van der Waals surface area contributed by atoms with Crippen LogP contribution in [-0.4, -0.2) is 20.4 Å². The van der Waals surface area contributed by atoms with Gasteiger partial charge in [0.25, 0.3) is 5.91 Å². The lowest BCUT2D eigenvalue weighted by Gasteiger charge is -2.06. The number of amides is 1. The standard InChI is InChI=1S/C19H18N4O/c1-3-23-17-7-5-4-6-14(17)21-19(23)22-18(24)16-11-13-9-8-12(2)10-15(13)20-16/h4-11,20H,3H2,1-2H3,(H,21,22,24). The normalized spacial score (nSPS) is 11.2. The average Bonchev–Trinajstić information content (AvgIpc) is 3.14. The van der Waals surface area contributed by atoms with Gasteiger partial charge in [-0.25, -0.2) is 4.98 Å². The van der Waals surface area contributed by atoms with Gasteiger partial charge in [-0.05, 0) is 43.7 Å². The van der Waals surface area contributed by atoms with Gasteiger partial charge in [0.1, 0.15) is 5.69 Å². The number of benzene rings is 2. The molecule has 0 aliphatic carbocycles. The van der Waals surface area contributed by atoms with Gasteiger partial charge >= 0.3 is 0 Å². The molecule has 4 aromatic rings. The molecule has 24 heavy (non-hydrogen) atoms. The van der Waals surface area contributed by atoms with Gasteiger partial charge in [0.2, 0.25) is 5.95 Å². The molecule has 0 spiro atoms. The molecule has 0 saturated carbocycles. The third kappa shape index (κ3) is 2.34. The Morgan fingerprint density at radius 3 is 2.88 bits per heavy atom. The third-order valence-corrected chi connectivity index (χ3v) is 4.22. The molecule has 2 aromatic carbocycles. The van der Waals surface area contributed by atoms with E-state index in [2.05, 4.69) is 15.3 Å². The highest BCUT2D eigenvalue weighted by Gasteiger charge is 2.15. The Hall–Kier alpha value is -3.08. The molecule has 1 amide bonds. The average molecular weight is 318 g/mol. The van der Waals surface area contributed by atoms with Crippen molar-refractivity contribution >= 4 is 33.8 Å². The second-order valence-corrected chi connectivity index (χ2v) is 5.90. The Bertz CT molecular complexity index is 1060. The van der Waals surface area contributed by atoms with E-state index in [1.54, 1.807) is 0 Å². The fraction of sp³-hybridized carbons (Fsp3) is 0.158. The molecule has 0 atom stereocenters. The maximum Gasteiger partial charge on any atom is 0.274 e. The summed E-state index contributed by atoms with van der Waals surface area (Å²) in [6.45, 7) is 4.81. The number of aromatic nitrogens is 3. The number of hydrogen-bond donors (Lipinski definition) is 2. The van der Waals surface area contributed by atoms with Crippen LogP contribution in [0.1, 0.15) is 23.0 Å². The van der Waals surface area contributed by atoms with Gasteiger partial charge in [-0.1, -0.05) is 24.3 Å². The van der Waals surface area contributed by atoms with Crippen molar-refractivity contribution in [1.82, 2.24) is 14.5 Å². The van der Waals surface area contributed by atoms with Gasteiger partial charge in [-0.2, -0.15) is 0 Å². The van der Waals surface area contributed by atoms with Crippen LogP contribution in [0.3, 0.4) is 0 Å². The SMILES string of the molecule is CCn1c(NC(=O)c2cc3ccc(C)cc3[nH]2)nc2ccccc21. The van der Waals surface area contributed by atoms with Crippen LogP contribution >= 0.6 is 0 Å². The second kappa shape index (κ2) is 5.53. The topological polar surface area (TPSA) is 62.7 Å². The summed E-state index contributed by atoms with van der Waals surface area (Å²) in [5.74, 6) is 0.382. The number of aromatic amines is 1. The van der Waals surface area contributed by atoms with Crippen molar-refractivity contribution < 1.29 is 4.79 Å². The number of fused-ring (bicyclic) bond motifs is 2.